The van der Waals surface area contributed by atoms with E-state index >= 15 is 0 Å². The van der Waals surface area contributed by atoms with Crippen molar-refractivity contribution in [3.63, 3.8) is 0 Å². The monoisotopic (exact) mass is 355 g/mol. The molecule has 0 heterocycles. The maximum Gasteiger partial charge on any atom is 1.00 e. The van der Waals surface area contributed by atoms with Gasteiger partial charge in [0.25, 0.3) is 0 Å². The third-order valence-electron chi connectivity index (χ3n) is 1.50. The van der Waals surface area contributed by atoms with Crippen LogP contribution in [-0.4, -0.2) is 41.6 Å². The van der Waals surface area contributed by atoms with E-state index in [4.69, 9.17) is 5.11 Å². The second-order valence-corrected chi connectivity index (χ2v) is 3.88. The molecule has 1 atom stereocenters. The fourth-order valence-corrected chi connectivity index (χ4v) is 1.55. The van der Waals surface area contributed by atoms with Crippen molar-refractivity contribution in [2.24, 2.45) is 0 Å². The minimum atomic E-state index is -5.64. The zero-order valence-electron chi connectivity index (χ0n) is 11.7. The Morgan fingerprint density at radius 1 is 1.05 bits per heavy atom. The Balaban J connectivity index is -0.000000213. The van der Waals surface area contributed by atoms with E-state index in [0.717, 1.165) is 0 Å². The first kappa shape index (κ1) is 33.8. The predicted octanol–water partition coefficient (Wildman–Crippen LogP) is -13.3. The minimum Gasteiger partial charge on any atom is -0.725 e. The van der Waals surface area contributed by atoms with Crippen LogP contribution in [0.3, 0.4) is 0 Å². The van der Waals surface area contributed by atoms with Gasteiger partial charge >= 0.3 is 94.6 Å². The molecule has 0 aliphatic heterocycles. The number of carboxylic acids is 3. The van der Waals surface area contributed by atoms with Gasteiger partial charge in [0.2, 0.25) is 10.4 Å². The second kappa shape index (κ2) is 13.7. The molecule has 0 bridgehead atoms. The second-order valence-electron chi connectivity index (χ2n) is 2.89. The van der Waals surface area contributed by atoms with Crippen molar-refractivity contribution in [3.8, 4) is 0 Å². The number of carbonyl (C=O) groups excluding carboxylic acids is 2. The molecule has 0 aliphatic carbocycles. The molecule has 11 nitrogen and oxygen atoms in total. The number of hydrogen-bond acceptors (Lipinski definition) is 10. The fourth-order valence-electron chi connectivity index (χ4n) is 0.973. The van der Waals surface area contributed by atoms with Gasteiger partial charge in [-0.05, 0) is 0 Å². The van der Waals surface area contributed by atoms with Crippen LogP contribution in [0.5, 0.6) is 0 Å². The smallest absolute Gasteiger partial charge is 0.725 e. The van der Waals surface area contributed by atoms with Crippen LogP contribution in [0.1, 0.15) is 12.8 Å². The number of carbonyl (C=O) groups is 3. The normalized spacial score (nSPS) is 12.0. The number of rotatable bonds is 7. The van der Waals surface area contributed by atoms with Crippen LogP contribution in [0.2, 0.25) is 0 Å². The van der Waals surface area contributed by atoms with Crippen molar-refractivity contribution >= 4 is 28.3 Å². The molecule has 0 aromatic rings. The van der Waals surface area contributed by atoms with Gasteiger partial charge in [0.1, 0.15) is 5.60 Å². The van der Waals surface area contributed by atoms with E-state index in [0.29, 0.717) is 0 Å². The van der Waals surface area contributed by atoms with Crippen molar-refractivity contribution < 1.29 is 136 Å². The average molecular weight is 355 g/mol. The van der Waals surface area contributed by atoms with Gasteiger partial charge in [-0.15, -0.1) is 0 Å². The van der Waals surface area contributed by atoms with Gasteiger partial charge in [-0.2, -0.15) is 0 Å². The summed E-state index contributed by atoms with van der Waals surface area (Å²) in [4.78, 5) is 31.1. The Labute approximate surface area is 186 Å². The molecule has 0 fully saturated rings. The molecule has 1 unspecified atom stereocenters. The van der Waals surface area contributed by atoms with Crippen LogP contribution in [0.25, 0.3) is 0 Å². The Kier molecular flexibility index (Phi) is 22.0. The van der Waals surface area contributed by atoms with Crippen LogP contribution in [0.4, 0.5) is 0 Å². The van der Waals surface area contributed by atoms with E-state index in [-0.39, 0.29) is 94.8 Å². The molecule has 0 aromatic heterocycles. The summed E-state index contributed by atoms with van der Waals surface area (Å²) in [7, 11) is -5.64. The van der Waals surface area contributed by atoms with Gasteiger partial charge < -0.3 is 35.6 Å². The average Bonchev–Trinajstić information content (AvgIpc) is 1.96. The molecule has 0 rings (SSSR count). The molecular weight excluding hydrogens is 347 g/mol. The molecular formula is C6H8NNa3O10S. The molecule has 0 amide bonds. The standard InChI is InChI=1S/C6H8O10S.H3N.3Na/c7-3(8)1-6(5(11)12,2-4(9)10)16-17(13,14)15;;;;/h1-2H2,(H,7,8)(H,9,10)(H,11,12)(H,13,14,15);1H3;;;/q;;3*+1/p-3. The summed E-state index contributed by atoms with van der Waals surface area (Å²) in [6, 6.07) is 0. The zero-order chi connectivity index (χ0) is 13.9. The molecule has 15 heteroatoms. The Hall–Kier alpha value is 1.24. The summed E-state index contributed by atoms with van der Waals surface area (Å²) in [5.74, 6) is -6.50. The van der Waals surface area contributed by atoms with E-state index in [1.54, 1.807) is 0 Å². The zero-order valence-corrected chi connectivity index (χ0v) is 18.5. The maximum atomic E-state index is 10.6. The van der Waals surface area contributed by atoms with Crippen LogP contribution in [0, 0.1) is 0 Å². The molecule has 21 heavy (non-hydrogen) atoms. The van der Waals surface area contributed by atoms with Crippen molar-refractivity contribution in [1.29, 1.82) is 0 Å². The number of carboxylic acid groups (broad SMARTS) is 3. The summed E-state index contributed by atoms with van der Waals surface area (Å²) in [5.41, 5.74) is -3.33. The Morgan fingerprint density at radius 3 is 1.62 bits per heavy atom. The van der Waals surface area contributed by atoms with Crippen LogP contribution in [0.15, 0.2) is 0 Å². The first-order valence-corrected chi connectivity index (χ1v) is 5.11. The van der Waals surface area contributed by atoms with Gasteiger partial charge in [-0.1, -0.05) is 0 Å². The predicted molar refractivity (Wildman–Crippen MR) is 45.4 cm³/mol. The Bertz CT molecular complexity index is 436. The van der Waals surface area contributed by atoms with Crippen LogP contribution < -0.4 is 105 Å². The SMILES string of the molecule is N.O=C([O-])CC(CC(=O)O)(OS(=O)(=O)[O-])C(=O)[O-].[Na+].[Na+].[Na+]. The first-order chi connectivity index (χ1) is 7.48. The van der Waals surface area contributed by atoms with Crippen molar-refractivity contribution in [1.82, 2.24) is 6.15 Å². The molecule has 0 aliphatic rings. The largest absolute Gasteiger partial charge is 1.00 e. The molecule has 0 saturated heterocycles. The van der Waals surface area contributed by atoms with Gasteiger partial charge in [-0.25, -0.2) is 8.42 Å². The van der Waals surface area contributed by atoms with Gasteiger partial charge in [-0.3, -0.25) is 8.98 Å². The number of hydrogen-bond donors (Lipinski definition) is 2. The topological polar surface area (TPSA) is 219 Å². The van der Waals surface area contributed by atoms with Gasteiger partial charge in [0.05, 0.1) is 12.4 Å². The maximum absolute atomic E-state index is 10.6. The summed E-state index contributed by atoms with van der Waals surface area (Å²) >= 11 is 0. The summed E-state index contributed by atoms with van der Waals surface area (Å²) in [6.07, 6.45) is -3.26. The molecule has 0 radical (unpaired) electrons. The van der Waals surface area contributed by atoms with E-state index in [9.17, 15) is 37.6 Å². The molecule has 0 aromatic carbocycles. The minimum absolute atomic E-state index is 0. The summed E-state index contributed by atoms with van der Waals surface area (Å²) in [5, 5.41) is 29.1. The number of aliphatic carboxylic acids is 3. The first-order valence-electron chi connectivity index (χ1n) is 3.78. The van der Waals surface area contributed by atoms with E-state index < -0.39 is 46.7 Å². The van der Waals surface area contributed by atoms with Crippen molar-refractivity contribution in [2.75, 3.05) is 0 Å². The Morgan fingerprint density at radius 2 is 1.43 bits per heavy atom. The quantitative estimate of drug-likeness (QED) is 0.248. The fraction of sp³-hybridized carbons (Fsp3) is 0.500. The molecule has 0 spiro atoms. The van der Waals surface area contributed by atoms with Crippen molar-refractivity contribution in [2.45, 2.75) is 18.4 Å². The third kappa shape index (κ3) is 14.6. The summed E-state index contributed by atoms with van der Waals surface area (Å²) in [6.45, 7) is 0. The molecule has 4 N–H and O–H groups in total. The third-order valence-corrected chi connectivity index (χ3v) is 2.02. The van der Waals surface area contributed by atoms with Gasteiger partial charge in [0.15, 0.2) is 0 Å². The molecule has 0 saturated carbocycles. The van der Waals surface area contributed by atoms with E-state index in [2.05, 4.69) is 4.18 Å². The van der Waals surface area contributed by atoms with E-state index in [1.807, 2.05) is 0 Å². The molecule has 106 valence electrons. The summed E-state index contributed by atoms with van der Waals surface area (Å²) < 4.78 is 34.2. The van der Waals surface area contributed by atoms with Crippen LogP contribution >= 0.6 is 0 Å². The van der Waals surface area contributed by atoms with Crippen molar-refractivity contribution in [3.05, 3.63) is 0 Å². The van der Waals surface area contributed by atoms with Gasteiger partial charge in [0, 0.05) is 12.4 Å². The van der Waals surface area contributed by atoms with E-state index in [1.165, 1.54) is 0 Å². The van der Waals surface area contributed by atoms with Crippen LogP contribution in [-0.2, 0) is 29.0 Å².